The van der Waals surface area contributed by atoms with Gasteiger partial charge in [0.05, 0.1) is 11.6 Å². The molecule has 0 saturated heterocycles. The average Bonchev–Trinajstić information content (AvgIpc) is 2.30. The average molecular weight is 245 g/mol. The molecule has 0 aliphatic carbocycles. The van der Waals surface area contributed by atoms with E-state index in [0.29, 0.717) is 10.8 Å². The van der Waals surface area contributed by atoms with Crippen molar-refractivity contribution in [2.24, 2.45) is 5.84 Å². The highest BCUT2D eigenvalue weighted by Gasteiger charge is 2.20. The van der Waals surface area contributed by atoms with Crippen molar-refractivity contribution in [3.63, 3.8) is 0 Å². The molecule has 0 radical (unpaired) electrons. The molecule has 0 saturated carbocycles. The van der Waals surface area contributed by atoms with Crippen LogP contribution in [0.25, 0.3) is 0 Å². The maximum Gasteiger partial charge on any atom is 0.277 e. The number of carbonyl (C=O) groups excluding carboxylic acids is 1. The summed E-state index contributed by atoms with van der Waals surface area (Å²) >= 11 is 5.89. The summed E-state index contributed by atoms with van der Waals surface area (Å²) in [5, 5.41) is 0.424. The molecule has 1 amide bonds. The third-order valence-corrected chi connectivity index (χ3v) is 2.17. The third kappa shape index (κ3) is 3.37. The van der Waals surface area contributed by atoms with Crippen LogP contribution in [0.15, 0.2) is 24.3 Å². The van der Waals surface area contributed by atoms with Gasteiger partial charge in [-0.3, -0.25) is 10.2 Å². The molecule has 0 aromatic heterocycles. The van der Waals surface area contributed by atoms with Gasteiger partial charge in [0.2, 0.25) is 6.10 Å². The van der Waals surface area contributed by atoms with Crippen molar-refractivity contribution in [3.8, 4) is 5.75 Å². The minimum Gasteiger partial charge on any atom is -0.477 e. The first-order chi connectivity index (χ1) is 7.69. The van der Waals surface area contributed by atoms with Gasteiger partial charge in [0.1, 0.15) is 5.75 Å². The highest BCUT2D eigenvalue weighted by atomic mass is 35.5. The summed E-state index contributed by atoms with van der Waals surface area (Å²) in [7, 11) is 1.47. The van der Waals surface area contributed by atoms with Crippen molar-refractivity contribution in [3.05, 3.63) is 29.3 Å². The third-order valence-electron chi connectivity index (χ3n) is 1.86. The molecule has 0 heterocycles. The van der Waals surface area contributed by atoms with Crippen LogP contribution in [0.3, 0.4) is 0 Å². The number of halogens is 1. The van der Waals surface area contributed by atoms with Crippen LogP contribution in [0.1, 0.15) is 0 Å². The number of hydrogen-bond acceptors (Lipinski definition) is 4. The Morgan fingerprint density at radius 2 is 2.25 bits per heavy atom. The minimum atomic E-state index is -0.824. The van der Waals surface area contributed by atoms with Gasteiger partial charge in [0.15, 0.2) is 0 Å². The molecule has 1 aromatic rings. The number of nitrogens with two attached hydrogens (primary N) is 1. The van der Waals surface area contributed by atoms with Crippen LogP contribution in [0.4, 0.5) is 0 Å². The zero-order valence-electron chi connectivity index (χ0n) is 8.77. The van der Waals surface area contributed by atoms with E-state index in [2.05, 4.69) is 0 Å². The number of hydrogen-bond donors (Lipinski definition) is 2. The molecule has 3 N–H and O–H groups in total. The van der Waals surface area contributed by atoms with Crippen molar-refractivity contribution >= 4 is 17.5 Å². The number of benzene rings is 1. The summed E-state index contributed by atoms with van der Waals surface area (Å²) in [6, 6.07) is 6.85. The second-order valence-corrected chi connectivity index (χ2v) is 3.41. The van der Waals surface area contributed by atoms with Crippen molar-refractivity contribution in [2.45, 2.75) is 6.10 Å². The lowest BCUT2D eigenvalue weighted by molar-refractivity contribution is -0.130. The van der Waals surface area contributed by atoms with Gasteiger partial charge < -0.3 is 9.47 Å². The Morgan fingerprint density at radius 3 is 2.81 bits per heavy atom. The Morgan fingerprint density at radius 1 is 1.56 bits per heavy atom. The van der Waals surface area contributed by atoms with Crippen molar-refractivity contribution in [1.82, 2.24) is 5.43 Å². The van der Waals surface area contributed by atoms with E-state index in [4.69, 9.17) is 26.9 Å². The quantitative estimate of drug-likeness (QED) is 0.455. The highest BCUT2D eigenvalue weighted by molar-refractivity contribution is 6.32. The normalized spacial score (nSPS) is 11.9. The SMILES string of the molecule is COCC(Oc1ccccc1Cl)C(=O)NN. The maximum absolute atomic E-state index is 11.3. The lowest BCUT2D eigenvalue weighted by Crippen LogP contribution is -2.44. The fourth-order valence-corrected chi connectivity index (χ4v) is 1.28. The molecule has 6 heteroatoms. The Hall–Kier alpha value is -1.30. The number of carbonyl (C=O) groups is 1. The summed E-state index contributed by atoms with van der Waals surface area (Å²) in [5.74, 6) is 4.97. The van der Waals surface area contributed by atoms with Crippen LogP contribution in [0, 0.1) is 0 Å². The first kappa shape index (κ1) is 12.8. The first-order valence-corrected chi connectivity index (χ1v) is 4.97. The van der Waals surface area contributed by atoms with Gasteiger partial charge in [-0.05, 0) is 12.1 Å². The molecular weight excluding hydrogens is 232 g/mol. The lowest BCUT2D eigenvalue weighted by Gasteiger charge is -2.17. The summed E-state index contributed by atoms with van der Waals surface area (Å²) in [4.78, 5) is 11.3. The van der Waals surface area contributed by atoms with Gasteiger partial charge in [-0.2, -0.15) is 0 Å². The molecule has 1 rings (SSSR count). The van der Waals surface area contributed by atoms with Crippen LogP contribution in [-0.4, -0.2) is 25.7 Å². The zero-order chi connectivity index (χ0) is 12.0. The molecule has 0 aliphatic heterocycles. The number of hydrazine groups is 1. The van der Waals surface area contributed by atoms with E-state index in [1.54, 1.807) is 24.3 Å². The number of rotatable bonds is 5. The zero-order valence-corrected chi connectivity index (χ0v) is 9.53. The fourth-order valence-electron chi connectivity index (χ4n) is 1.10. The second-order valence-electron chi connectivity index (χ2n) is 3.00. The molecule has 0 fully saturated rings. The minimum absolute atomic E-state index is 0.0915. The molecule has 0 spiro atoms. The summed E-state index contributed by atoms with van der Waals surface area (Å²) in [6.45, 7) is 0.0915. The van der Waals surface area contributed by atoms with E-state index < -0.39 is 12.0 Å². The second kappa shape index (κ2) is 6.32. The van der Waals surface area contributed by atoms with Crippen molar-refractivity contribution in [2.75, 3.05) is 13.7 Å². The predicted octanol–water partition coefficient (Wildman–Crippen LogP) is 0.724. The van der Waals surface area contributed by atoms with Crippen LogP contribution in [0.5, 0.6) is 5.75 Å². The molecule has 16 heavy (non-hydrogen) atoms. The van der Waals surface area contributed by atoms with E-state index in [1.807, 2.05) is 5.43 Å². The van der Waals surface area contributed by atoms with Gasteiger partial charge in [0, 0.05) is 7.11 Å². The lowest BCUT2D eigenvalue weighted by atomic mass is 10.3. The van der Waals surface area contributed by atoms with Gasteiger partial charge in [0.25, 0.3) is 5.91 Å². The van der Waals surface area contributed by atoms with Crippen LogP contribution < -0.4 is 16.0 Å². The molecule has 1 unspecified atom stereocenters. The van der Waals surface area contributed by atoms with Crippen LogP contribution >= 0.6 is 11.6 Å². The summed E-state index contributed by atoms with van der Waals surface area (Å²) in [5.41, 5.74) is 2.00. The number of ether oxygens (including phenoxy) is 2. The summed E-state index contributed by atoms with van der Waals surface area (Å²) < 4.78 is 10.2. The van der Waals surface area contributed by atoms with E-state index >= 15 is 0 Å². The van der Waals surface area contributed by atoms with Crippen LogP contribution in [-0.2, 0) is 9.53 Å². The molecule has 0 bridgehead atoms. The molecule has 5 nitrogen and oxygen atoms in total. The molecule has 1 aromatic carbocycles. The monoisotopic (exact) mass is 244 g/mol. The fraction of sp³-hybridized carbons (Fsp3) is 0.300. The van der Waals surface area contributed by atoms with E-state index in [0.717, 1.165) is 0 Å². The van der Waals surface area contributed by atoms with E-state index in [-0.39, 0.29) is 6.61 Å². The number of methoxy groups -OCH3 is 1. The topological polar surface area (TPSA) is 73.6 Å². The van der Waals surface area contributed by atoms with Crippen molar-refractivity contribution in [1.29, 1.82) is 0 Å². The molecule has 88 valence electrons. The van der Waals surface area contributed by atoms with Crippen LogP contribution in [0.2, 0.25) is 5.02 Å². The van der Waals surface area contributed by atoms with Gasteiger partial charge in [-0.15, -0.1) is 0 Å². The van der Waals surface area contributed by atoms with Gasteiger partial charge >= 0.3 is 0 Å². The Balaban J connectivity index is 2.75. The number of nitrogens with one attached hydrogen (secondary N) is 1. The Kier molecular flexibility index (Phi) is 5.04. The smallest absolute Gasteiger partial charge is 0.277 e. The van der Waals surface area contributed by atoms with E-state index in [1.165, 1.54) is 7.11 Å². The molecular formula is C10H13ClN2O3. The maximum atomic E-state index is 11.3. The summed E-state index contributed by atoms with van der Waals surface area (Å²) in [6.07, 6.45) is -0.824. The van der Waals surface area contributed by atoms with E-state index in [9.17, 15) is 4.79 Å². The number of amides is 1. The first-order valence-electron chi connectivity index (χ1n) is 4.59. The van der Waals surface area contributed by atoms with Gasteiger partial charge in [-0.1, -0.05) is 23.7 Å². The Bertz CT molecular complexity index is 360. The molecule has 1 atom stereocenters. The Labute approximate surface area is 98.4 Å². The van der Waals surface area contributed by atoms with Gasteiger partial charge in [-0.25, -0.2) is 5.84 Å². The number of para-hydroxylation sites is 1. The highest BCUT2D eigenvalue weighted by Crippen LogP contribution is 2.24. The largest absolute Gasteiger partial charge is 0.477 e. The van der Waals surface area contributed by atoms with Crippen molar-refractivity contribution < 1.29 is 14.3 Å². The molecule has 0 aliphatic rings. The standard InChI is InChI=1S/C10H13ClN2O3/c1-15-6-9(10(14)13-12)16-8-5-3-2-4-7(8)11/h2-5,9H,6,12H2,1H3,(H,13,14). The predicted molar refractivity (Wildman–Crippen MR) is 60.1 cm³/mol.